The number of piperidine rings is 1. The van der Waals surface area contributed by atoms with E-state index in [4.69, 9.17) is 34.8 Å². The van der Waals surface area contributed by atoms with E-state index < -0.39 is 5.60 Å². The first-order valence-corrected chi connectivity index (χ1v) is 9.00. The third-order valence-corrected chi connectivity index (χ3v) is 5.06. The second-order valence-electron chi connectivity index (χ2n) is 6.11. The van der Waals surface area contributed by atoms with Crippen LogP contribution >= 0.6 is 34.8 Å². The lowest BCUT2D eigenvalue weighted by Gasteiger charge is -2.38. The Morgan fingerprint density at radius 1 is 0.960 bits per heavy atom. The zero-order valence-corrected chi connectivity index (χ0v) is 15.6. The van der Waals surface area contributed by atoms with Crippen molar-refractivity contribution in [1.29, 1.82) is 0 Å². The maximum Gasteiger partial charge on any atom is 0.321 e. The van der Waals surface area contributed by atoms with Gasteiger partial charge in [-0.1, -0.05) is 46.9 Å². The normalized spacial score (nSPS) is 16.6. The summed E-state index contributed by atoms with van der Waals surface area (Å²) in [6.07, 6.45) is 0.913. The number of benzene rings is 2. The highest BCUT2D eigenvalue weighted by atomic mass is 35.5. The van der Waals surface area contributed by atoms with Crippen LogP contribution in [-0.2, 0) is 5.60 Å². The van der Waals surface area contributed by atoms with Crippen LogP contribution in [0.5, 0.6) is 0 Å². The number of hydrogen-bond acceptors (Lipinski definition) is 2. The molecule has 1 aliphatic rings. The lowest BCUT2D eigenvalue weighted by molar-refractivity contribution is -0.0156. The summed E-state index contributed by atoms with van der Waals surface area (Å²) in [5.74, 6) is 0. The van der Waals surface area contributed by atoms with Gasteiger partial charge in [0, 0.05) is 33.8 Å². The average Bonchev–Trinajstić information content (AvgIpc) is 2.55. The van der Waals surface area contributed by atoms with Crippen molar-refractivity contribution in [2.75, 3.05) is 18.4 Å². The SMILES string of the molecule is O=C(Nc1cc(Cl)cc(Cl)c1)N1CCC(O)(c2ccc(Cl)cc2)CC1. The van der Waals surface area contributed by atoms with Crippen LogP contribution in [0.4, 0.5) is 10.5 Å². The number of nitrogens with one attached hydrogen (secondary N) is 1. The molecular formula is C18H17Cl3N2O2. The zero-order valence-electron chi connectivity index (χ0n) is 13.3. The third kappa shape index (κ3) is 4.39. The topological polar surface area (TPSA) is 52.6 Å². The molecule has 0 atom stereocenters. The van der Waals surface area contributed by atoms with Crippen LogP contribution in [0.3, 0.4) is 0 Å². The fourth-order valence-electron chi connectivity index (χ4n) is 2.96. The smallest absolute Gasteiger partial charge is 0.321 e. The minimum absolute atomic E-state index is 0.239. The van der Waals surface area contributed by atoms with Crippen LogP contribution < -0.4 is 5.32 Å². The van der Waals surface area contributed by atoms with Gasteiger partial charge in [-0.2, -0.15) is 0 Å². The Labute approximate surface area is 161 Å². The van der Waals surface area contributed by atoms with Crippen LogP contribution in [0.1, 0.15) is 18.4 Å². The zero-order chi connectivity index (χ0) is 18.0. The first-order valence-electron chi connectivity index (χ1n) is 7.86. The molecule has 0 aliphatic carbocycles. The molecule has 0 unspecified atom stereocenters. The summed E-state index contributed by atoms with van der Waals surface area (Å²) >= 11 is 17.8. The maximum atomic E-state index is 12.4. The minimum Gasteiger partial charge on any atom is -0.385 e. The number of likely N-dealkylation sites (tertiary alicyclic amines) is 1. The van der Waals surface area contributed by atoms with Crippen LogP contribution in [0.15, 0.2) is 42.5 Å². The number of aliphatic hydroxyl groups is 1. The Morgan fingerprint density at radius 2 is 1.52 bits per heavy atom. The van der Waals surface area contributed by atoms with Gasteiger partial charge in [0.05, 0.1) is 5.60 Å². The number of urea groups is 1. The highest BCUT2D eigenvalue weighted by Gasteiger charge is 2.35. The van der Waals surface area contributed by atoms with Gasteiger partial charge >= 0.3 is 6.03 Å². The van der Waals surface area contributed by atoms with Crippen molar-refractivity contribution >= 4 is 46.5 Å². The molecule has 132 valence electrons. The molecule has 1 aliphatic heterocycles. The monoisotopic (exact) mass is 398 g/mol. The van der Waals surface area contributed by atoms with Crippen LogP contribution in [0, 0.1) is 0 Å². The van der Waals surface area contributed by atoms with Gasteiger partial charge in [0.25, 0.3) is 0 Å². The van der Waals surface area contributed by atoms with Crippen LogP contribution in [0.25, 0.3) is 0 Å². The molecule has 1 saturated heterocycles. The van der Waals surface area contributed by atoms with Crippen LogP contribution in [0.2, 0.25) is 15.1 Å². The van der Waals surface area contributed by atoms with Gasteiger partial charge in [0.15, 0.2) is 0 Å². The highest BCUT2D eigenvalue weighted by molar-refractivity contribution is 6.35. The van der Waals surface area contributed by atoms with Gasteiger partial charge < -0.3 is 15.3 Å². The van der Waals surface area contributed by atoms with E-state index in [0.717, 1.165) is 5.56 Å². The first-order chi connectivity index (χ1) is 11.9. The molecule has 0 aromatic heterocycles. The Morgan fingerprint density at radius 3 is 2.08 bits per heavy atom. The standard InChI is InChI=1S/C18H17Cl3N2O2/c19-13-3-1-12(2-4-13)18(25)5-7-23(8-6-18)17(24)22-16-10-14(20)9-15(21)11-16/h1-4,9-11,25H,5-8H2,(H,22,24). The second kappa shape index (κ2) is 7.42. The second-order valence-corrected chi connectivity index (χ2v) is 7.42. The van der Waals surface area contributed by atoms with Crippen molar-refractivity contribution in [3.05, 3.63) is 63.1 Å². The Balaban J connectivity index is 1.63. The lowest BCUT2D eigenvalue weighted by atomic mass is 9.84. The van der Waals surface area contributed by atoms with E-state index >= 15 is 0 Å². The van der Waals surface area contributed by atoms with Crippen molar-refractivity contribution < 1.29 is 9.90 Å². The quantitative estimate of drug-likeness (QED) is 0.732. The molecule has 3 rings (SSSR count). The number of carbonyl (C=O) groups excluding carboxylic acids is 1. The summed E-state index contributed by atoms with van der Waals surface area (Å²) in [6, 6.07) is 11.8. The number of rotatable bonds is 2. The van der Waals surface area contributed by atoms with Crippen LogP contribution in [-0.4, -0.2) is 29.1 Å². The summed E-state index contributed by atoms with van der Waals surface area (Å²) in [4.78, 5) is 14.1. The van der Waals surface area contributed by atoms with Crippen molar-refractivity contribution in [3.8, 4) is 0 Å². The molecule has 2 aromatic carbocycles. The van der Waals surface area contributed by atoms with Crippen molar-refractivity contribution in [2.45, 2.75) is 18.4 Å². The highest BCUT2D eigenvalue weighted by Crippen LogP contribution is 2.33. The molecule has 7 heteroatoms. The van der Waals surface area contributed by atoms with E-state index in [1.165, 1.54) is 0 Å². The fourth-order valence-corrected chi connectivity index (χ4v) is 3.61. The van der Waals surface area contributed by atoms with Gasteiger partial charge in [-0.25, -0.2) is 4.79 Å². The van der Waals surface area contributed by atoms with Gasteiger partial charge in [0.1, 0.15) is 0 Å². The van der Waals surface area contributed by atoms with E-state index in [2.05, 4.69) is 5.32 Å². The molecule has 2 N–H and O–H groups in total. The molecule has 1 fully saturated rings. The van der Waals surface area contributed by atoms with Gasteiger partial charge in [-0.05, 0) is 48.7 Å². The first kappa shape index (κ1) is 18.3. The average molecular weight is 400 g/mol. The number of amides is 2. The van der Waals surface area contributed by atoms with E-state index in [-0.39, 0.29) is 6.03 Å². The molecule has 2 amide bonds. The molecule has 4 nitrogen and oxygen atoms in total. The molecule has 0 spiro atoms. The maximum absolute atomic E-state index is 12.4. The van der Waals surface area contributed by atoms with Gasteiger partial charge in [-0.15, -0.1) is 0 Å². The van der Waals surface area contributed by atoms with Crippen molar-refractivity contribution in [2.24, 2.45) is 0 Å². The summed E-state index contributed by atoms with van der Waals surface area (Å²) in [5.41, 5.74) is 0.417. The number of hydrogen-bond donors (Lipinski definition) is 2. The number of nitrogens with zero attached hydrogens (tertiary/aromatic N) is 1. The Kier molecular flexibility index (Phi) is 5.44. The summed E-state index contributed by atoms with van der Waals surface area (Å²) in [5, 5.41) is 15.2. The van der Waals surface area contributed by atoms with E-state index in [0.29, 0.717) is 46.7 Å². The van der Waals surface area contributed by atoms with E-state index in [1.807, 2.05) is 12.1 Å². The summed E-state index contributed by atoms with van der Waals surface area (Å²) in [6.45, 7) is 0.887. The van der Waals surface area contributed by atoms with Crippen molar-refractivity contribution in [3.63, 3.8) is 0 Å². The summed E-state index contributed by atoms with van der Waals surface area (Å²) < 4.78 is 0. The minimum atomic E-state index is -0.944. The number of carbonyl (C=O) groups is 1. The lowest BCUT2D eigenvalue weighted by Crippen LogP contribution is -2.46. The molecule has 25 heavy (non-hydrogen) atoms. The molecule has 0 radical (unpaired) electrons. The van der Waals surface area contributed by atoms with Crippen molar-refractivity contribution in [1.82, 2.24) is 4.90 Å². The predicted octanol–water partition coefficient (Wildman–Crippen LogP) is 5.16. The molecular weight excluding hydrogens is 383 g/mol. The fraction of sp³-hybridized carbons (Fsp3) is 0.278. The third-order valence-electron chi connectivity index (χ3n) is 4.37. The van der Waals surface area contributed by atoms with E-state index in [9.17, 15) is 9.90 Å². The summed E-state index contributed by atoms with van der Waals surface area (Å²) in [7, 11) is 0. The number of halogens is 3. The largest absolute Gasteiger partial charge is 0.385 e. The van der Waals surface area contributed by atoms with E-state index in [1.54, 1.807) is 35.2 Å². The molecule has 0 bridgehead atoms. The predicted molar refractivity (Wildman–Crippen MR) is 102 cm³/mol. The Bertz CT molecular complexity index is 752. The molecule has 1 heterocycles. The molecule has 2 aromatic rings. The van der Waals surface area contributed by atoms with Gasteiger partial charge in [-0.3, -0.25) is 0 Å². The molecule has 0 saturated carbocycles. The number of anilines is 1. The van der Waals surface area contributed by atoms with Gasteiger partial charge in [0.2, 0.25) is 0 Å². The Hall–Kier alpha value is -1.46.